The van der Waals surface area contributed by atoms with Crippen LogP contribution in [0.2, 0.25) is 0 Å². The number of hydrogen-bond acceptors (Lipinski definition) is 5. The van der Waals surface area contributed by atoms with Gasteiger partial charge in [-0.15, -0.1) is 0 Å². The number of rotatable bonds is 6. The van der Waals surface area contributed by atoms with Gasteiger partial charge in [-0.05, 0) is 49.2 Å². The number of ether oxygens (including phenoxy) is 2. The van der Waals surface area contributed by atoms with Crippen molar-refractivity contribution in [2.75, 3.05) is 13.3 Å². The average molecular weight is 445 g/mol. The SMILES string of the molecule is Cc1[nH]c2ccccc2c1C[C@H](N)C(=O)NCCc1ccccn1.c1ccc2c(c1)OCO2. The first-order valence-electron chi connectivity index (χ1n) is 11.0. The fourth-order valence-corrected chi connectivity index (χ4v) is 3.75. The lowest BCUT2D eigenvalue weighted by Crippen LogP contribution is -2.42. The third kappa shape index (κ3) is 5.70. The number of aromatic amines is 1. The summed E-state index contributed by atoms with van der Waals surface area (Å²) >= 11 is 0. The summed E-state index contributed by atoms with van der Waals surface area (Å²) in [5, 5.41) is 4.03. The Labute approximate surface area is 192 Å². The second kappa shape index (κ2) is 10.7. The minimum Gasteiger partial charge on any atom is -0.454 e. The number of benzene rings is 2. The highest BCUT2D eigenvalue weighted by molar-refractivity contribution is 5.87. The molecular formula is C26H28N4O3. The first kappa shape index (κ1) is 22.4. The predicted octanol–water partition coefficient (Wildman–Crippen LogP) is 3.52. The molecule has 7 heteroatoms. The molecule has 0 spiro atoms. The van der Waals surface area contributed by atoms with Gasteiger partial charge >= 0.3 is 0 Å². The van der Waals surface area contributed by atoms with E-state index in [1.807, 2.05) is 67.6 Å². The number of carbonyl (C=O) groups excluding carboxylic acids is 1. The van der Waals surface area contributed by atoms with Gasteiger partial charge in [-0.1, -0.05) is 36.4 Å². The second-order valence-electron chi connectivity index (χ2n) is 7.80. The quantitative estimate of drug-likeness (QED) is 0.422. The van der Waals surface area contributed by atoms with Gasteiger partial charge < -0.3 is 25.5 Å². The lowest BCUT2D eigenvalue weighted by molar-refractivity contribution is -0.122. The minimum atomic E-state index is -0.563. The van der Waals surface area contributed by atoms with Crippen LogP contribution in [0.3, 0.4) is 0 Å². The molecule has 2 aromatic heterocycles. The molecule has 7 nitrogen and oxygen atoms in total. The van der Waals surface area contributed by atoms with E-state index in [4.69, 9.17) is 15.2 Å². The molecule has 4 N–H and O–H groups in total. The maximum atomic E-state index is 12.2. The number of amides is 1. The molecule has 4 aromatic rings. The predicted molar refractivity (Wildman–Crippen MR) is 128 cm³/mol. The van der Waals surface area contributed by atoms with Crippen LogP contribution < -0.4 is 20.5 Å². The zero-order valence-electron chi connectivity index (χ0n) is 18.6. The number of carbonyl (C=O) groups is 1. The summed E-state index contributed by atoms with van der Waals surface area (Å²) < 4.78 is 10.2. The molecule has 1 atom stereocenters. The van der Waals surface area contributed by atoms with E-state index in [0.29, 0.717) is 26.2 Å². The van der Waals surface area contributed by atoms with E-state index >= 15 is 0 Å². The Kier molecular flexibility index (Phi) is 7.22. The largest absolute Gasteiger partial charge is 0.454 e. The van der Waals surface area contributed by atoms with Crippen LogP contribution in [-0.2, 0) is 17.6 Å². The highest BCUT2D eigenvalue weighted by Gasteiger charge is 2.17. The first-order valence-corrected chi connectivity index (χ1v) is 11.0. The Morgan fingerprint density at radius 3 is 2.48 bits per heavy atom. The first-order chi connectivity index (χ1) is 16.1. The maximum Gasteiger partial charge on any atom is 0.237 e. The minimum absolute atomic E-state index is 0.129. The number of pyridine rings is 1. The number of nitrogens with two attached hydrogens (primary N) is 1. The van der Waals surface area contributed by atoms with E-state index in [0.717, 1.165) is 39.4 Å². The van der Waals surface area contributed by atoms with Crippen LogP contribution in [0.5, 0.6) is 11.5 Å². The van der Waals surface area contributed by atoms with E-state index in [1.165, 1.54) is 0 Å². The van der Waals surface area contributed by atoms with Crippen molar-refractivity contribution in [3.8, 4) is 11.5 Å². The normalized spacial score (nSPS) is 12.7. The van der Waals surface area contributed by atoms with Crippen LogP contribution in [0.1, 0.15) is 17.0 Å². The Hall–Kier alpha value is -3.84. The van der Waals surface area contributed by atoms with Gasteiger partial charge in [0.25, 0.3) is 0 Å². The smallest absolute Gasteiger partial charge is 0.237 e. The number of nitrogens with zero attached hydrogens (tertiary/aromatic N) is 1. The zero-order chi connectivity index (χ0) is 23.0. The van der Waals surface area contributed by atoms with Gasteiger partial charge in [0.2, 0.25) is 12.7 Å². The number of aryl methyl sites for hydroxylation is 1. The summed E-state index contributed by atoms with van der Waals surface area (Å²) in [7, 11) is 0. The molecule has 1 aliphatic rings. The standard InChI is InChI=1S/C19H22N4O.C7H6O2/c1-13-16(15-7-2-3-8-18(15)23-13)12-17(20)19(24)22-11-9-14-6-4-5-10-21-14;1-2-4-7-6(3-1)8-5-9-7/h2-8,10,17,23H,9,11-12,20H2,1H3,(H,22,24);1-4H,5H2/t17-;/m0./s1. The Balaban J connectivity index is 0.000000238. The lowest BCUT2D eigenvalue weighted by atomic mass is 10.0. The van der Waals surface area contributed by atoms with Crippen molar-refractivity contribution in [1.29, 1.82) is 0 Å². The fraction of sp³-hybridized carbons (Fsp3) is 0.231. The van der Waals surface area contributed by atoms with Crippen molar-refractivity contribution in [3.05, 3.63) is 89.9 Å². The van der Waals surface area contributed by atoms with Gasteiger partial charge in [-0.25, -0.2) is 0 Å². The summed E-state index contributed by atoms with van der Waals surface area (Å²) in [6.07, 6.45) is 2.97. The molecule has 0 saturated carbocycles. The van der Waals surface area contributed by atoms with Gasteiger partial charge in [-0.3, -0.25) is 9.78 Å². The molecule has 0 fully saturated rings. The van der Waals surface area contributed by atoms with Gasteiger partial charge in [0, 0.05) is 41.5 Å². The van der Waals surface area contributed by atoms with Crippen LogP contribution in [0.4, 0.5) is 0 Å². The molecule has 170 valence electrons. The highest BCUT2D eigenvalue weighted by atomic mass is 16.7. The van der Waals surface area contributed by atoms with Crippen molar-refractivity contribution >= 4 is 16.8 Å². The molecule has 1 aliphatic heterocycles. The topological polar surface area (TPSA) is 102 Å². The summed E-state index contributed by atoms with van der Waals surface area (Å²) in [4.78, 5) is 19.8. The molecule has 0 unspecified atom stereocenters. The van der Waals surface area contributed by atoms with Crippen LogP contribution >= 0.6 is 0 Å². The molecule has 3 heterocycles. The van der Waals surface area contributed by atoms with E-state index in [1.54, 1.807) is 6.20 Å². The number of para-hydroxylation sites is 3. The molecular weight excluding hydrogens is 416 g/mol. The molecule has 5 rings (SSSR count). The average Bonchev–Trinajstić information content (AvgIpc) is 3.44. The number of H-pyrrole nitrogens is 1. The number of nitrogens with one attached hydrogen (secondary N) is 2. The Morgan fingerprint density at radius 2 is 1.76 bits per heavy atom. The maximum absolute atomic E-state index is 12.2. The molecule has 33 heavy (non-hydrogen) atoms. The molecule has 0 bridgehead atoms. The third-order valence-electron chi connectivity index (χ3n) is 5.47. The van der Waals surface area contributed by atoms with E-state index < -0.39 is 6.04 Å². The fourth-order valence-electron chi connectivity index (χ4n) is 3.75. The summed E-state index contributed by atoms with van der Waals surface area (Å²) in [6, 6.07) is 20.9. The molecule has 2 aromatic carbocycles. The van der Waals surface area contributed by atoms with Crippen molar-refractivity contribution in [2.24, 2.45) is 5.73 Å². The van der Waals surface area contributed by atoms with Crippen LogP contribution in [-0.4, -0.2) is 35.3 Å². The molecule has 0 saturated heterocycles. The van der Waals surface area contributed by atoms with Crippen molar-refractivity contribution in [3.63, 3.8) is 0 Å². The lowest BCUT2D eigenvalue weighted by Gasteiger charge is -2.12. The summed E-state index contributed by atoms with van der Waals surface area (Å²) in [5.41, 5.74) is 10.3. The monoisotopic (exact) mass is 444 g/mol. The van der Waals surface area contributed by atoms with Crippen LogP contribution in [0, 0.1) is 6.92 Å². The summed E-state index contributed by atoms with van der Waals surface area (Å²) in [6.45, 7) is 2.91. The van der Waals surface area contributed by atoms with Crippen LogP contribution in [0.15, 0.2) is 72.9 Å². The number of hydrogen-bond donors (Lipinski definition) is 3. The van der Waals surface area contributed by atoms with Crippen LogP contribution in [0.25, 0.3) is 10.9 Å². The molecule has 1 amide bonds. The van der Waals surface area contributed by atoms with E-state index in [2.05, 4.69) is 21.4 Å². The van der Waals surface area contributed by atoms with Gasteiger partial charge in [0.05, 0.1) is 6.04 Å². The highest BCUT2D eigenvalue weighted by Crippen LogP contribution is 2.30. The second-order valence-corrected chi connectivity index (χ2v) is 7.80. The third-order valence-corrected chi connectivity index (χ3v) is 5.47. The number of fused-ring (bicyclic) bond motifs is 2. The van der Waals surface area contributed by atoms with Gasteiger partial charge in [-0.2, -0.15) is 0 Å². The van der Waals surface area contributed by atoms with Crippen molar-refractivity contribution < 1.29 is 14.3 Å². The number of aromatic nitrogens is 2. The zero-order valence-corrected chi connectivity index (χ0v) is 18.6. The summed E-state index contributed by atoms with van der Waals surface area (Å²) in [5.74, 6) is 1.56. The molecule has 0 aliphatic carbocycles. The van der Waals surface area contributed by atoms with Gasteiger partial charge in [0.1, 0.15) is 0 Å². The molecule has 0 radical (unpaired) electrons. The van der Waals surface area contributed by atoms with Crippen molar-refractivity contribution in [1.82, 2.24) is 15.3 Å². The Bertz CT molecular complexity index is 1180. The van der Waals surface area contributed by atoms with Gasteiger partial charge in [0.15, 0.2) is 11.5 Å². The van der Waals surface area contributed by atoms with Crippen molar-refractivity contribution in [2.45, 2.75) is 25.8 Å². The van der Waals surface area contributed by atoms with E-state index in [9.17, 15) is 4.79 Å². The van der Waals surface area contributed by atoms with E-state index in [-0.39, 0.29) is 5.91 Å². The Morgan fingerprint density at radius 1 is 1.06 bits per heavy atom.